The Morgan fingerprint density at radius 2 is 2.11 bits per heavy atom. The summed E-state index contributed by atoms with van der Waals surface area (Å²) < 4.78 is 5.32. The van der Waals surface area contributed by atoms with E-state index in [1.165, 1.54) is 0 Å². The quantitative estimate of drug-likeness (QED) is 0.802. The Kier molecular flexibility index (Phi) is 5.89. The van der Waals surface area contributed by atoms with Crippen molar-refractivity contribution in [1.29, 1.82) is 0 Å². The third-order valence-corrected chi connectivity index (χ3v) is 4.92. The zero-order valence-corrected chi connectivity index (χ0v) is 17.0. The largest absolute Gasteiger partial charge is 0.378 e. The van der Waals surface area contributed by atoms with Crippen molar-refractivity contribution in [3.8, 4) is 0 Å². The van der Waals surface area contributed by atoms with Crippen LogP contribution in [0, 0.1) is 0 Å². The molecule has 7 nitrogen and oxygen atoms in total. The molecule has 0 spiro atoms. The Hall–Kier alpha value is -2.28. The van der Waals surface area contributed by atoms with E-state index in [1.54, 1.807) is 13.3 Å². The molecule has 0 saturated carbocycles. The average Bonchev–Trinajstić information content (AvgIpc) is 2.67. The molecule has 0 amide bonds. The molecule has 1 unspecified atom stereocenters. The maximum absolute atomic E-state index is 5.32. The lowest BCUT2D eigenvalue weighted by atomic mass is 9.95. The number of piperidine rings is 1. The van der Waals surface area contributed by atoms with Gasteiger partial charge in [-0.05, 0) is 25.0 Å². The highest BCUT2D eigenvalue weighted by Crippen LogP contribution is 2.26. The molecule has 0 radical (unpaired) electrons. The highest BCUT2D eigenvalue weighted by molar-refractivity contribution is 5.44. The highest BCUT2D eigenvalue weighted by atomic mass is 16.5. The third kappa shape index (κ3) is 4.71. The molecule has 7 heteroatoms. The van der Waals surface area contributed by atoms with E-state index in [0.717, 1.165) is 49.1 Å². The first-order valence-corrected chi connectivity index (χ1v) is 9.51. The number of likely N-dealkylation sites (N-methyl/N-ethyl adjacent to an activating group) is 1. The number of aromatic nitrogens is 4. The fourth-order valence-corrected chi connectivity index (χ4v) is 3.35. The van der Waals surface area contributed by atoms with E-state index >= 15 is 0 Å². The molecule has 1 aliphatic heterocycles. The molecule has 0 bridgehead atoms. The van der Waals surface area contributed by atoms with Gasteiger partial charge < -0.3 is 14.5 Å². The summed E-state index contributed by atoms with van der Waals surface area (Å²) in [5.74, 6) is 2.74. The molecule has 1 atom stereocenters. The maximum Gasteiger partial charge on any atom is 0.151 e. The van der Waals surface area contributed by atoms with Crippen LogP contribution in [0.2, 0.25) is 0 Å². The lowest BCUT2D eigenvalue weighted by Gasteiger charge is -2.38. The first-order chi connectivity index (χ1) is 12.9. The number of nitrogens with zero attached hydrogens (tertiary/aromatic N) is 6. The van der Waals surface area contributed by atoms with Crippen molar-refractivity contribution in [2.24, 2.45) is 0 Å². The molecule has 2 aromatic rings. The minimum Gasteiger partial charge on any atom is -0.378 e. The average molecular weight is 371 g/mol. The Morgan fingerprint density at radius 3 is 2.78 bits per heavy atom. The predicted molar refractivity (Wildman–Crippen MR) is 107 cm³/mol. The van der Waals surface area contributed by atoms with Gasteiger partial charge in [0.1, 0.15) is 11.6 Å². The van der Waals surface area contributed by atoms with Gasteiger partial charge in [-0.1, -0.05) is 20.8 Å². The minimum atomic E-state index is -0.114. The first-order valence-electron chi connectivity index (χ1n) is 9.51. The zero-order chi connectivity index (χ0) is 19.4. The lowest BCUT2D eigenvalue weighted by Crippen LogP contribution is -2.47. The van der Waals surface area contributed by atoms with Gasteiger partial charge in [-0.25, -0.2) is 9.97 Å². The number of anilines is 2. The molecule has 2 aromatic heterocycles. The van der Waals surface area contributed by atoms with Gasteiger partial charge in [-0.2, -0.15) is 5.10 Å². The summed E-state index contributed by atoms with van der Waals surface area (Å²) in [6, 6.07) is 6.36. The van der Waals surface area contributed by atoms with Gasteiger partial charge in [0.05, 0.1) is 12.3 Å². The fourth-order valence-electron chi connectivity index (χ4n) is 3.35. The van der Waals surface area contributed by atoms with E-state index in [4.69, 9.17) is 14.7 Å². The van der Waals surface area contributed by atoms with Crippen molar-refractivity contribution in [3.63, 3.8) is 0 Å². The van der Waals surface area contributed by atoms with Crippen molar-refractivity contribution in [3.05, 3.63) is 35.9 Å². The van der Waals surface area contributed by atoms with Gasteiger partial charge in [0.25, 0.3) is 0 Å². The molecule has 1 fully saturated rings. The van der Waals surface area contributed by atoms with Crippen molar-refractivity contribution in [1.82, 2.24) is 20.2 Å². The van der Waals surface area contributed by atoms with Gasteiger partial charge >= 0.3 is 0 Å². The summed E-state index contributed by atoms with van der Waals surface area (Å²) >= 11 is 0. The fraction of sp³-hybridized carbons (Fsp3) is 0.600. The first kappa shape index (κ1) is 19.5. The van der Waals surface area contributed by atoms with E-state index in [1.807, 2.05) is 18.2 Å². The van der Waals surface area contributed by atoms with E-state index in [2.05, 4.69) is 47.8 Å². The van der Waals surface area contributed by atoms with Gasteiger partial charge in [-0.3, -0.25) is 0 Å². The van der Waals surface area contributed by atoms with Crippen LogP contribution in [0.5, 0.6) is 0 Å². The van der Waals surface area contributed by atoms with Crippen LogP contribution >= 0.6 is 0 Å². The Morgan fingerprint density at radius 1 is 1.30 bits per heavy atom. The van der Waals surface area contributed by atoms with Crippen LogP contribution in [0.4, 0.5) is 11.6 Å². The van der Waals surface area contributed by atoms with E-state index < -0.39 is 0 Å². The Labute approximate surface area is 161 Å². The summed E-state index contributed by atoms with van der Waals surface area (Å²) in [6.07, 6.45) is 3.96. The molecule has 3 rings (SSSR count). The van der Waals surface area contributed by atoms with Gasteiger partial charge in [-0.15, -0.1) is 5.10 Å². The second-order valence-electron chi connectivity index (χ2n) is 8.16. The predicted octanol–water partition coefficient (Wildman–Crippen LogP) is 2.82. The van der Waals surface area contributed by atoms with Crippen molar-refractivity contribution >= 4 is 11.6 Å². The Bertz CT molecular complexity index is 746. The number of ether oxygens (including phenoxy) is 1. The molecule has 27 heavy (non-hydrogen) atoms. The van der Waals surface area contributed by atoms with E-state index in [0.29, 0.717) is 12.6 Å². The van der Waals surface area contributed by atoms with Crippen LogP contribution in [-0.4, -0.2) is 53.5 Å². The standard InChI is InChI=1S/C20H30N6O/c1-20(2,3)19-22-15(14-27-5)12-18(23-19)25(4)16-8-7-11-26(13-16)17-9-6-10-21-24-17/h6,9-10,12,16H,7-8,11,13-14H2,1-5H3. The van der Waals surface area contributed by atoms with Crippen LogP contribution < -0.4 is 9.80 Å². The third-order valence-electron chi connectivity index (χ3n) is 4.92. The molecular weight excluding hydrogens is 340 g/mol. The molecule has 3 heterocycles. The summed E-state index contributed by atoms with van der Waals surface area (Å²) in [5.41, 5.74) is 0.804. The number of hydrogen-bond acceptors (Lipinski definition) is 7. The molecule has 0 N–H and O–H groups in total. The Balaban J connectivity index is 1.83. The highest BCUT2D eigenvalue weighted by Gasteiger charge is 2.27. The summed E-state index contributed by atoms with van der Waals surface area (Å²) in [4.78, 5) is 14.1. The van der Waals surface area contributed by atoms with Crippen LogP contribution in [0.15, 0.2) is 24.4 Å². The molecule has 1 saturated heterocycles. The van der Waals surface area contributed by atoms with Crippen molar-refractivity contribution < 1.29 is 4.74 Å². The van der Waals surface area contributed by atoms with Gasteiger partial charge in [0, 0.05) is 51.0 Å². The second kappa shape index (κ2) is 8.17. The smallest absolute Gasteiger partial charge is 0.151 e. The molecule has 0 aromatic carbocycles. The van der Waals surface area contributed by atoms with Crippen LogP contribution in [0.25, 0.3) is 0 Å². The molecule has 146 valence electrons. The van der Waals surface area contributed by atoms with Gasteiger partial charge in [0.2, 0.25) is 0 Å². The SMILES string of the molecule is COCc1cc(N(C)C2CCCN(c3cccnn3)C2)nc(C(C)(C)C)n1. The van der Waals surface area contributed by atoms with E-state index in [9.17, 15) is 0 Å². The molecule has 1 aliphatic rings. The summed E-state index contributed by atoms with van der Waals surface area (Å²) in [7, 11) is 3.82. The van der Waals surface area contributed by atoms with Crippen LogP contribution in [0.3, 0.4) is 0 Å². The second-order valence-corrected chi connectivity index (χ2v) is 8.16. The topological polar surface area (TPSA) is 67.3 Å². The van der Waals surface area contributed by atoms with Crippen molar-refractivity contribution in [2.45, 2.75) is 51.7 Å². The minimum absolute atomic E-state index is 0.114. The normalized spacial score (nSPS) is 17.8. The van der Waals surface area contributed by atoms with Crippen LogP contribution in [0.1, 0.15) is 45.1 Å². The van der Waals surface area contributed by atoms with Crippen molar-refractivity contribution in [2.75, 3.05) is 37.0 Å². The molecular formula is C20H30N6O. The number of hydrogen-bond donors (Lipinski definition) is 0. The lowest BCUT2D eigenvalue weighted by molar-refractivity contribution is 0.181. The van der Waals surface area contributed by atoms with E-state index in [-0.39, 0.29) is 5.41 Å². The summed E-state index contributed by atoms with van der Waals surface area (Å²) in [5, 5.41) is 8.29. The molecule has 0 aliphatic carbocycles. The number of methoxy groups -OCH3 is 1. The zero-order valence-electron chi connectivity index (χ0n) is 17.0. The van der Waals surface area contributed by atoms with Crippen LogP contribution in [-0.2, 0) is 16.8 Å². The number of rotatable bonds is 5. The van der Waals surface area contributed by atoms with Gasteiger partial charge in [0.15, 0.2) is 5.82 Å². The monoisotopic (exact) mass is 370 g/mol. The maximum atomic E-state index is 5.32. The summed E-state index contributed by atoms with van der Waals surface area (Å²) in [6.45, 7) is 8.82.